The van der Waals surface area contributed by atoms with Crippen molar-refractivity contribution >= 4 is 6.03 Å². The summed E-state index contributed by atoms with van der Waals surface area (Å²) in [6.07, 6.45) is 3.48. The molecule has 1 aliphatic rings. The number of carbonyl (C=O) groups is 1. The molecule has 6 heteroatoms. The molecule has 6 nitrogen and oxygen atoms in total. The number of ether oxygens (including phenoxy) is 1. The van der Waals surface area contributed by atoms with Crippen LogP contribution in [0.25, 0.3) is 0 Å². The first-order valence-corrected chi connectivity index (χ1v) is 8.62. The summed E-state index contributed by atoms with van der Waals surface area (Å²) in [6.45, 7) is 4.83. The molecule has 25 heavy (non-hydrogen) atoms. The van der Waals surface area contributed by atoms with Gasteiger partial charge in [0, 0.05) is 38.6 Å². The molecule has 0 spiro atoms. The molecule has 0 aliphatic carbocycles. The average Bonchev–Trinajstić information content (AvgIpc) is 2.68. The molecule has 0 unspecified atom stereocenters. The first kappa shape index (κ1) is 17.4. The van der Waals surface area contributed by atoms with Gasteiger partial charge in [-0.05, 0) is 23.3 Å². The molecule has 2 heterocycles. The van der Waals surface area contributed by atoms with E-state index in [1.807, 2.05) is 42.5 Å². The Labute approximate surface area is 148 Å². The fraction of sp³-hybridized carbons (Fsp3) is 0.368. The van der Waals surface area contributed by atoms with Crippen molar-refractivity contribution in [2.24, 2.45) is 0 Å². The maximum atomic E-state index is 12.4. The van der Waals surface area contributed by atoms with E-state index in [0.29, 0.717) is 6.54 Å². The van der Waals surface area contributed by atoms with Gasteiger partial charge in [0.05, 0.1) is 19.3 Å². The lowest BCUT2D eigenvalue weighted by Gasteiger charge is -2.26. The summed E-state index contributed by atoms with van der Waals surface area (Å²) >= 11 is 0. The second kappa shape index (κ2) is 9.15. The summed E-state index contributed by atoms with van der Waals surface area (Å²) in [7, 11) is 0. The van der Waals surface area contributed by atoms with Crippen LogP contribution in [-0.2, 0) is 4.74 Å². The summed E-state index contributed by atoms with van der Waals surface area (Å²) in [4.78, 5) is 18.7. The molecule has 2 N–H and O–H groups in total. The molecule has 3 rings (SSSR count). The first-order chi connectivity index (χ1) is 12.3. The SMILES string of the molecule is O=C(NCCN1CCOCC1)N[C@H](c1ccccc1)c1ccncc1. The Kier molecular flexibility index (Phi) is 6.36. The van der Waals surface area contributed by atoms with Gasteiger partial charge in [0.1, 0.15) is 0 Å². The summed E-state index contributed by atoms with van der Waals surface area (Å²) in [5.41, 5.74) is 2.04. The maximum Gasteiger partial charge on any atom is 0.315 e. The third-order valence-corrected chi connectivity index (χ3v) is 4.27. The Bertz CT molecular complexity index is 605. The molecule has 132 valence electrons. The summed E-state index contributed by atoms with van der Waals surface area (Å²) < 4.78 is 5.33. The molecule has 2 amide bonds. The van der Waals surface area contributed by atoms with Crippen LogP contribution in [0.15, 0.2) is 54.9 Å². The monoisotopic (exact) mass is 340 g/mol. The molecule has 1 aliphatic heterocycles. The molecular formula is C19H24N4O2. The quantitative estimate of drug-likeness (QED) is 0.842. The van der Waals surface area contributed by atoms with Gasteiger partial charge in [-0.3, -0.25) is 9.88 Å². The number of aromatic nitrogens is 1. The molecule has 1 saturated heterocycles. The van der Waals surface area contributed by atoms with Gasteiger partial charge in [0.25, 0.3) is 0 Å². The maximum absolute atomic E-state index is 12.4. The van der Waals surface area contributed by atoms with E-state index in [4.69, 9.17) is 4.74 Å². The smallest absolute Gasteiger partial charge is 0.315 e. The minimum absolute atomic E-state index is 0.168. The zero-order chi connectivity index (χ0) is 17.3. The van der Waals surface area contributed by atoms with Crippen molar-refractivity contribution in [3.05, 3.63) is 66.0 Å². The minimum atomic E-state index is -0.201. The highest BCUT2D eigenvalue weighted by Gasteiger charge is 2.17. The van der Waals surface area contributed by atoms with Crippen LogP contribution < -0.4 is 10.6 Å². The summed E-state index contributed by atoms with van der Waals surface area (Å²) in [5.74, 6) is 0. The van der Waals surface area contributed by atoms with E-state index in [9.17, 15) is 4.79 Å². The lowest BCUT2D eigenvalue weighted by molar-refractivity contribution is 0.0387. The third kappa shape index (κ3) is 5.27. The highest BCUT2D eigenvalue weighted by atomic mass is 16.5. The number of amides is 2. The zero-order valence-corrected chi connectivity index (χ0v) is 14.2. The Morgan fingerprint density at radius 2 is 1.76 bits per heavy atom. The topological polar surface area (TPSA) is 66.5 Å². The van der Waals surface area contributed by atoms with Gasteiger partial charge in [0.15, 0.2) is 0 Å². The second-order valence-corrected chi connectivity index (χ2v) is 5.98. The number of hydrogen-bond donors (Lipinski definition) is 2. The molecule has 0 saturated carbocycles. The predicted molar refractivity (Wildman–Crippen MR) is 96.3 cm³/mol. The number of nitrogens with one attached hydrogen (secondary N) is 2. The number of benzene rings is 1. The number of urea groups is 1. The van der Waals surface area contributed by atoms with Crippen LogP contribution >= 0.6 is 0 Å². The number of nitrogens with zero attached hydrogens (tertiary/aromatic N) is 2. The van der Waals surface area contributed by atoms with Crippen LogP contribution in [0.2, 0.25) is 0 Å². The van der Waals surface area contributed by atoms with Gasteiger partial charge >= 0.3 is 6.03 Å². The molecule has 0 bridgehead atoms. The molecule has 1 aromatic carbocycles. The summed E-state index contributed by atoms with van der Waals surface area (Å²) in [5, 5.41) is 6.02. The molecule has 1 aromatic heterocycles. The van der Waals surface area contributed by atoms with Crippen LogP contribution in [0.5, 0.6) is 0 Å². The Balaban J connectivity index is 1.57. The Hall–Kier alpha value is -2.44. The van der Waals surface area contributed by atoms with E-state index < -0.39 is 0 Å². The van der Waals surface area contributed by atoms with Crippen molar-refractivity contribution < 1.29 is 9.53 Å². The minimum Gasteiger partial charge on any atom is -0.379 e. The lowest BCUT2D eigenvalue weighted by Crippen LogP contribution is -2.44. The van der Waals surface area contributed by atoms with Gasteiger partial charge in [-0.2, -0.15) is 0 Å². The average molecular weight is 340 g/mol. The van der Waals surface area contributed by atoms with Gasteiger partial charge in [-0.25, -0.2) is 4.79 Å². The van der Waals surface area contributed by atoms with Crippen LogP contribution in [0.4, 0.5) is 4.79 Å². The van der Waals surface area contributed by atoms with E-state index in [1.165, 1.54) is 0 Å². The normalized spacial score (nSPS) is 16.2. The lowest BCUT2D eigenvalue weighted by atomic mass is 10.00. The van der Waals surface area contributed by atoms with Crippen molar-refractivity contribution in [2.45, 2.75) is 6.04 Å². The number of morpholine rings is 1. The van der Waals surface area contributed by atoms with Crippen molar-refractivity contribution in [1.29, 1.82) is 0 Å². The predicted octanol–water partition coefficient (Wildman–Crippen LogP) is 1.80. The first-order valence-electron chi connectivity index (χ1n) is 8.62. The molecule has 1 fully saturated rings. The molecule has 1 atom stereocenters. The highest BCUT2D eigenvalue weighted by molar-refractivity contribution is 5.75. The van der Waals surface area contributed by atoms with Crippen molar-refractivity contribution in [3.63, 3.8) is 0 Å². The van der Waals surface area contributed by atoms with Crippen LogP contribution in [0.1, 0.15) is 17.2 Å². The van der Waals surface area contributed by atoms with Crippen LogP contribution in [-0.4, -0.2) is 55.3 Å². The van der Waals surface area contributed by atoms with Crippen LogP contribution in [0.3, 0.4) is 0 Å². The molecule has 2 aromatic rings. The zero-order valence-electron chi connectivity index (χ0n) is 14.2. The number of rotatable bonds is 6. The van der Waals surface area contributed by atoms with Crippen molar-refractivity contribution in [3.8, 4) is 0 Å². The molecule has 0 radical (unpaired) electrons. The van der Waals surface area contributed by atoms with Gasteiger partial charge in [0.2, 0.25) is 0 Å². The van der Waals surface area contributed by atoms with E-state index in [1.54, 1.807) is 12.4 Å². The number of hydrogen-bond acceptors (Lipinski definition) is 4. The van der Waals surface area contributed by atoms with Gasteiger partial charge < -0.3 is 15.4 Å². The molecular weight excluding hydrogens is 316 g/mol. The highest BCUT2D eigenvalue weighted by Crippen LogP contribution is 2.21. The van der Waals surface area contributed by atoms with Crippen molar-refractivity contribution in [2.75, 3.05) is 39.4 Å². The van der Waals surface area contributed by atoms with Crippen LogP contribution in [0, 0.1) is 0 Å². The summed E-state index contributed by atoms with van der Waals surface area (Å²) in [6, 6.07) is 13.4. The van der Waals surface area contributed by atoms with Gasteiger partial charge in [-0.15, -0.1) is 0 Å². The third-order valence-electron chi connectivity index (χ3n) is 4.27. The Morgan fingerprint density at radius 1 is 1.08 bits per heavy atom. The number of pyridine rings is 1. The van der Waals surface area contributed by atoms with E-state index in [-0.39, 0.29) is 12.1 Å². The fourth-order valence-electron chi connectivity index (χ4n) is 2.89. The van der Waals surface area contributed by atoms with E-state index >= 15 is 0 Å². The van der Waals surface area contributed by atoms with E-state index in [2.05, 4.69) is 20.5 Å². The number of carbonyl (C=O) groups excluding carboxylic acids is 1. The fourth-order valence-corrected chi connectivity index (χ4v) is 2.89. The van der Waals surface area contributed by atoms with E-state index in [0.717, 1.165) is 44.0 Å². The Morgan fingerprint density at radius 3 is 2.48 bits per heavy atom. The van der Waals surface area contributed by atoms with Crippen molar-refractivity contribution in [1.82, 2.24) is 20.5 Å². The van der Waals surface area contributed by atoms with Gasteiger partial charge in [-0.1, -0.05) is 30.3 Å². The standard InChI is InChI=1S/C19H24N4O2/c24-19(21-10-11-23-12-14-25-15-13-23)22-18(16-4-2-1-3-5-16)17-6-8-20-9-7-17/h1-9,18H,10-15H2,(H2,21,22,24)/t18-/m1/s1. The second-order valence-electron chi connectivity index (χ2n) is 5.98. The largest absolute Gasteiger partial charge is 0.379 e.